The highest BCUT2D eigenvalue weighted by molar-refractivity contribution is 6.47. The van der Waals surface area contributed by atoms with E-state index in [2.05, 4.69) is 10.1 Å². The summed E-state index contributed by atoms with van der Waals surface area (Å²) in [5.74, 6) is 0.504. The van der Waals surface area contributed by atoms with Crippen molar-refractivity contribution < 1.29 is 22.7 Å². The molecule has 0 heterocycles. The number of nitrogens with zero attached hydrogens (tertiary/aromatic N) is 2. The van der Waals surface area contributed by atoms with E-state index in [4.69, 9.17) is 15.3 Å². The molecule has 2 aromatic rings. The van der Waals surface area contributed by atoms with Gasteiger partial charge in [-0.2, -0.15) is 13.2 Å². The maximum atomic E-state index is 12.6. The Morgan fingerprint density at radius 3 is 2.31 bits per heavy atom. The third-order valence-electron chi connectivity index (χ3n) is 3.51. The minimum atomic E-state index is -4.38. The molecule has 0 saturated heterocycles. The average molecular weight is 365 g/mol. The van der Waals surface area contributed by atoms with Crippen LogP contribution in [0.15, 0.2) is 58.7 Å². The molecule has 2 aromatic carbocycles. The standard InChI is InChI=1S/C18H18F3N3O2/c1-23-17(22)16(24-25-2)15-6-4-3-5-12(15)11-26-14-9-7-13(8-10-14)18(19,20)21/h3-10H,11H2,1-2H3,(H2,22,23). The summed E-state index contributed by atoms with van der Waals surface area (Å²) in [4.78, 5) is 8.74. The molecule has 0 aliphatic rings. The van der Waals surface area contributed by atoms with Crippen LogP contribution in [0.1, 0.15) is 16.7 Å². The lowest BCUT2D eigenvalue weighted by Crippen LogP contribution is -2.26. The van der Waals surface area contributed by atoms with E-state index >= 15 is 0 Å². The summed E-state index contributed by atoms with van der Waals surface area (Å²) in [6.07, 6.45) is -4.38. The highest BCUT2D eigenvalue weighted by Gasteiger charge is 2.30. The predicted octanol–water partition coefficient (Wildman–Crippen LogP) is 3.62. The molecule has 0 radical (unpaired) electrons. The van der Waals surface area contributed by atoms with E-state index in [9.17, 15) is 13.2 Å². The first kappa shape index (κ1) is 19.3. The van der Waals surface area contributed by atoms with Crippen LogP contribution >= 0.6 is 0 Å². The number of hydrogen-bond acceptors (Lipinski definition) is 4. The van der Waals surface area contributed by atoms with Gasteiger partial charge in [-0.15, -0.1) is 0 Å². The van der Waals surface area contributed by atoms with Crippen LogP contribution < -0.4 is 10.5 Å². The third-order valence-corrected chi connectivity index (χ3v) is 3.51. The van der Waals surface area contributed by atoms with Gasteiger partial charge in [-0.3, -0.25) is 4.99 Å². The maximum absolute atomic E-state index is 12.6. The molecule has 8 heteroatoms. The van der Waals surface area contributed by atoms with Gasteiger partial charge in [-0.25, -0.2) is 0 Å². The van der Waals surface area contributed by atoms with Crippen molar-refractivity contribution >= 4 is 11.5 Å². The zero-order valence-electron chi connectivity index (χ0n) is 14.2. The highest BCUT2D eigenvalue weighted by Crippen LogP contribution is 2.30. The van der Waals surface area contributed by atoms with Crippen LogP contribution in [0.2, 0.25) is 0 Å². The number of alkyl halides is 3. The van der Waals surface area contributed by atoms with Gasteiger partial charge in [0.25, 0.3) is 0 Å². The number of benzene rings is 2. The summed E-state index contributed by atoms with van der Waals surface area (Å²) in [5, 5.41) is 3.90. The Hall–Kier alpha value is -3.03. The molecule has 26 heavy (non-hydrogen) atoms. The molecule has 0 aliphatic carbocycles. The van der Waals surface area contributed by atoms with Crippen molar-refractivity contribution in [1.29, 1.82) is 0 Å². The molecule has 0 saturated carbocycles. The first-order chi connectivity index (χ1) is 12.4. The van der Waals surface area contributed by atoms with Gasteiger partial charge in [0.1, 0.15) is 25.3 Å². The van der Waals surface area contributed by atoms with Crippen LogP contribution in [0.3, 0.4) is 0 Å². The third kappa shape index (κ3) is 4.75. The topological polar surface area (TPSA) is 69.2 Å². The van der Waals surface area contributed by atoms with Gasteiger partial charge < -0.3 is 15.3 Å². The number of oxime groups is 1. The first-order valence-corrected chi connectivity index (χ1v) is 7.59. The summed E-state index contributed by atoms with van der Waals surface area (Å²) < 4.78 is 43.4. The highest BCUT2D eigenvalue weighted by atomic mass is 19.4. The molecule has 0 fully saturated rings. The Labute approximate surface area is 148 Å². The van der Waals surface area contributed by atoms with E-state index in [1.807, 2.05) is 0 Å². The molecule has 0 unspecified atom stereocenters. The molecule has 0 aliphatic heterocycles. The van der Waals surface area contributed by atoms with Crippen molar-refractivity contribution in [2.75, 3.05) is 14.2 Å². The van der Waals surface area contributed by atoms with E-state index in [1.165, 1.54) is 26.3 Å². The molecule has 2 N–H and O–H groups in total. The fourth-order valence-electron chi connectivity index (χ4n) is 2.21. The lowest BCUT2D eigenvalue weighted by molar-refractivity contribution is -0.137. The Morgan fingerprint density at radius 2 is 1.73 bits per heavy atom. The Kier molecular flexibility index (Phi) is 6.21. The van der Waals surface area contributed by atoms with E-state index in [1.54, 1.807) is 24.3 Å². The second kappa shape index (κ2) is 8.37. The lowest BCUT2D eigenvalue weighted by Gasteiger charge is -2.13. The summed E-state index contributed by atoms with van der Waals surface area (Å²) in [6, 6.07) is 11.7. The van der Waals surface area contributed by atoms with Gasteiger partial charge >= 0.3 is 6.18 Å². The van der Waals surface area contributed by atoms with E-state index in [-0.39, 0.29) is 12.4 Å². The zero-order chi connectivity index (χ0) is 19.2. The van der Waals surface area contributed by atoms with Crippen LogP contribution in [-0.4, -0.2) is 25.7 Å². The number of ether oxygens (including phenoxy) is 1. The molecule has 138 valence electrons. The number of aliphatic imine (C=N–C) groups is 1. The van der Waals surface area contributed by atoms with Crippen molar-refractivity contribution in [2.24, 2.45) is 15.9 Å². The minimum absolute atomic E-state index is 0.112. The van der Waals surface area contributed by atoms with Crippen molar-refractivity contribution in [2.45, 2.75) is 12.8 Å². The summed E-state index contributed by atoms with van der Waals surface area (Å²) in [6.45, 7) is 0.112. The number of nitrogens with two attached hydrogens (primary N) is 1. The number of rotatable bonds is 6. The largest absolute Gasteiger partial charge is 0.489 e. The second-order valence-corrected chi connectivity index (χ2v) is 5.20. The smallest absolute Gasteiger partial charge is 0.416 e. The van der Waals surface area contributed by atoms with Crippen molar-refractivity contribution in [3.63, 3.8) is 0 Å². The second-order valence-electron chi connectivity index (χ2n) is 5.20. The molecule has 0 bridgehead atoms. The Morgan fingerprint density at radius 1 is 1.08 bits per heavy atom. The van der Waals surface area contributed by atoms with Crippen LogP contribution in [0.4, 0.5) is 13.2 Å². The van der Waals surface area contributed by atoms with Gasteiger partial charge in [0.05, 0.1) is 5.56 Å². The predicted molar refractivity (Wildman–Crippen MR) is 93.3 cm³/mol. The van der Waals surface area contributed by atoms with Gasteiger partial charge in [0.2, 0.25) is 0 Å². The molecule has 5 nitrogen and oxygen atoms in total. The average Bonchev–Trinajstić information content (AvgIpc) is 2.64. The fraction of sp³-hybridized carbons (Fsp3) is 0.222. The molecule has 0 amide bonds. The van der Waals surface area contributed by atoms with E-state index in [0.717, 1.165) is 17.7 Å². The van der Waals surface area contributed by atoms with Gasteiger partial charge in [-0.1, -0.05) is 29.4 Å². The summed E-state index contributed by atoms with van der Waals surface area (Å²) in [5.41, 5.74) is 6.87. The van der Waals surface area contributed by atoms with Crippen molar-refractivity contribution in [1.82, 2.24) is 0 Å². The molecular weight excluding hydrogens is 347 g/mol. The SMILES string of the molecule is CN=C(N)C(=NOC)c1ccccc1COc1ccc(C(F)(F)F)cc1. The number of halogens is 3. The zero-order valence-corrected chi connectivity index (χ0v) is 14.2. The molecular formula is C18H18F3N3O2. The van der Waals surface area contributed by atoms with E-state index < -0.39 is 11.7 Å². The molecule has 0 atom stereocenters. The number of amidine groups is 1. The van der Waals surface area contributed by atoms with Crippen LogP contribution in [0.5, 0.6) is 5.75 Å². The Bertz CT molecular complexity index is 800. The van der Waals surface area contributed by atoms with Crippen LogP contribution in [0, 0.1) is 0 Å². The normalized spacial score (nSPS) is 12.8. The first-order valence-electron chi connectivity index (χ1n) is 7.59. The number of hydrogen-bond donors (Lipinski definition) is 1. The monoisotopic (exact) mass is 365 g/mol. The van der Waals surface area contributed by atoms with Crippen LogP contribution in [-0.2, 0) is 17.6 Å². The quantitative estimate of drug-likeness (QED) is 0.483. The van der Waals surface area contributed by atoms with Crippen molar-refractivity contribution in [3.05, 3.63) is 65.2 Å². The van der Waals surface area contributed by atoms with Gasteiger partial charge in [0.15, 0.2) is 5.71 Å². The minimum Gasteiger partial charge on any atom is -0.489 e. The Balaban J connectivity index is 2.22. The molecule has 0 spiro atoms. The van der Waals surface area contributed by atoms with Crippen LogP contribution in [0.25, 0.3) is 0 Å². The van der Waals surface area contributed by atoms with E-state index in [0.29, 0.717) is 17.0 Å². The van der Waals surface area contributed by atoms with Gasteiger partial charge in [0, 0.05) is 12.6 Å². The maximum Gasteiger partial charge on any atom is 0.416 e. The lowest BCUT2D eigenvalue weighted by atomic mass is 10.0. The fourth-order valence-corrected chi connectivity index (χ4v) is 2.21. The molecule has 2 rings (SSSR count). The summed E-state index contributed by atoms with van der Waals surface area (Å²) in [7, 11) is 2.92. The molecule has 0 aromatic heterocycles. The summed E-state index contributed by atoms with van der Waals surface area (Å²) >= 11 is 0. The van der Waals surface area contributed by atoms with Crippen molar-refractivity contribution in [3.8, 4) is 5.75 Å². The van der Waals surface area contributed by atoms with Gasteiger partial charge in [-0.05, 0) is 29.8 Å².